The van der Waals surface area contributed by atoms with Crippen molar-refractivity contribution in [3.05, 3.63) is 35.9 Å². The van der Waals surface area contributed by atoms with Crippen molar-refractivity contribution in [2.75, 3.05) is 0 Å². The molecule has 0 spiro atoms. The molecular weight excluding hydrogens is 236 g/mol. The van der Waals surface area contributed by atoms with E-state index in [2.05, 4.69) is 0 Å². The minimum atomic E-state index is -3.96. The summed E-state index contributed by atoms with van der Waals surface area (Å²) in [7, 11) is -3.96. The summed E-state index contributed by atoms with van der Waals surface area (Å²) in [5, 5.41) is 20.7. The minimum absolute atomic E-state index is 0.597. The average molecular weight is 250 g/mol. The molecule has 1 aromatic rings. The molecule has 16 heavy (non-hydrogen) atoms. The van der Waals surface area contributed by atoms with Gasteiger partial charge in [-0.2, -0.15) is 8.42 Å². The second kappa shape index (κ2) is 6.56. The summed E-state index contributed by atoms with van der Waals surface area (Å²) in [6.45, 7) is -0.718. The molecule has 0 aromatic heterocycles. The first-order chi connectivity index (χ1) is 7.25. The predicted octanol–water partition coefficient (Wildman–Crippen LogP) is -0.118. The number of aliphatic hydroxyl groups is 3. The summed E-state index contributed by atoms with van der Waals surface area (Å²) in [5.74, 6) is 0. The molecule has 0 radical (unpaired) electrons. The number of hydrogen-bond acceptors (Lipinski definition) is 5. The van der Waals surface area contributed by atoms with Crippen molar-refractivity contribution in [2.45, 2.75) is 18.6 Å². The molecule has 7 heteroatoms. The number of aliphatic hydroxyl groups excluding tert-OH is 1. The zero-order valence-electron chi connectivity index (χ0n) is 8.56. The lowest BCUT2D eigenvalue weighted by Crippen LogP contribution is -2.07. The van der Waals surface area contributed by atoms with Gasteiger partial charge in [0.1, 0.15) is 5.25 Å². The molecule has 0 saturated carbocycles. The lowest BCUT2D eigenvalue weighted by atomic mass is 10.2. The van der Waals surface area contributed by atoms with Gasteiger partial charge < -0.3 is 15.3 Å². The summed E-state index contributed by atoms with van der Waals surface area (Å²) in [6, 6.07) is 8.59. The third kappa shape index (κ3) is 6.49. The molecule has 0 aliphatic carbocycles. The van der Waals surface area contributed by atoms with Gasteiger partial charge in [-0.05, 0) is 12.5 Å². The van der Waals surface area contributed by atoms with Crippen LogP contribution >= 0.6 is 0 Å². The lowest BCUT2D eigenvalue weighted by molar-refractivity contribution is -0.198. The van der Waals surface area contributed by atoms with E-state index in [0.29, 0.717) is 5.56 Å². The Kier molecular flexibility index (Phi) is 6.16. The predicted molar refractivity (Wildman–Crippen MR) is 56.9 cm³/mol. The van der Waals surface area contributed by atoms with Crippen molar-refractivity contribution < 1.29 is 28.3 Å². The molecule has 0 bridgehead atoms. The van der Waals surface area contributed by atoms with Gasteiger partial charge in [0, 0.05) is 0 Å². The number of benzene rings is 1. The maximum atomic E-state index is 10.7. The fourth-order valence-electron chi connectivity index (χ4n) is 0.896. The second-order valence-electron chi connectivity index (χ2n) is 2.91. The Morgan fingerprint density at radius 1 is 1.06 bits per heavy atom. The molecule has 0 amide bonds. The minimum Gasteiger partial charge on any atom is -0.346 e. The van der Waals surface area contributed by atoms with Gasteiger partial charge in [-0.25, -0.2) is 0 Å². The molecule has 0 aliphatic rings. The molecule has 0 fully saturated rings. The van der Waals surface area contributed by atoms with Gasteiger partial charge in [0.05, 0.1) is 0 Å². The Labute approximate surface area is 93.5 Å². The first kappa shape index (κ1) is 15.0. The van der Waals surface area contributed by atoms with E-state index in [0.717, 1.165) is 0 Å². The fourth-order valence-corrected chi connectivity index (χ4v) is 1.40. The Bertz CT molecular complexity index is 383. The fraction of sp³-hybridized carbons (Fsp3) is 0.333. The standard InChI is InChI=1S/C8H10O3S.CH4O3/c1-7(12(9,10)11)8-5-3-2-4-6-8;2-1(3)4/h2-7H,1H3,(H,9,10,11);1-4H. The normalized spacial score (nSPS) is 12.9. The van der Waals surface area contributed by atoms with E-state index in [9.17, 15) is 8.42 Å². The van der Waals surface area contributed by atoms with Crippen molar-refractivity contribution in [3.63, 3.8) is 0 Å². The van der Waals surface area contributed by atoms with Gasteiger partial charge in [-0.3, -0.25) is 4.55 Å². The molecule has 1 aromatic carbocycles. The summed E-state index contributed by atoms with van der Waals surface area (Å²) in [5.41, 5.74) is 0.597. The summed E-state index contributed by atoms with van der Waals surface area (Å²) >= 11 is 0. The Morgan fingerprint density at radius 3 is 1.75 bits per heavy atom. The average Bonchev–Trinajstić information content (AvgIpc) is 2.16. The Balaban J connectivity index is 0.000000487. The zero-order valence-corrected chi connectivity index (χ0v) is 9.37. The zero-order chi connectivity index (χ0) is 12.8. The van der Waals surface area contributed by atoms with Crippen molar-refractivity contribution in [1.29, 1.82) is 0 Å². The van der Waals surface area contributed by atoms with E-state index in [1.54, 1.807) is 30.3 Å². The Hall–Kier alpha value is -0.990. The smallest absolute Gasteiger partial charge is 0.271 e. The van der Waals surface area contributed by atoms with E-state index in [1.165, 1.54) is 6.92 Å². The molecule has 4 N–H and O–H groups in total. The first-order valence-corrected chi connectivity index (χ1v) is 5.81. The molecule has 92 valence electrons. The van der Waals surface area contributed by atoms with Crippen molar-refractivity contribution in [2.24, 2.45) is 0 Å². The van der Waals surface area contributed by atoms with Crippen LogP contribution in [0.3, 0.4) is 0 Å². The lowest BCUT2D eigenvalue weighted by Gasteiger charge is -2.06. The largest absolute Gasteiger partial charge is 0.346 e. The molecule has 6 nitrogen and oxygen atoms in total. The van der Waals surface area contributed by atoms with Crippen molar-refractivity contribution in [3.8, 4) is 0 Å². The van der Waals surface area contributed by atoms with Crippen LogP contribution in [0.4, 0.5) is 0 Å². The highest BCUT2D eigenvalue weighted by molar-refractivity contribution is 7.86. The van der Waals surface area contributed by atoms with Gasteiger partial charge in [0.25, 0.3) is 16.6 Å². The highest BCUT2D eigenvalue weighted by Crippen LogP contribution is 2.19. The quantitative estimate of drug-likeness (QED) is 0.430. The third-order valence-electron chi connectivity index (χ3n) is 1.72. The molecular formula is C9H14O6S. The highest BCUT2D eigenvalue weighted by atomic mass is 32.2. The van der Waals surface area contributed by atoms with Crippen LogP contribution in [0.1, 0.15) is 17.7 Å². The maximum absolute atomic E-state index is 10.7. The molecule has 1 rings (SSSR count). The number of hydrogen-bond donors (Lipinski definition) is 4. The van der Waals surface area contributed by atoms with Gasteiger partial charge >= 0.3 is 0 Å². The van der Waals surface area contributed by atoms with Crippen molar-refractivity contribution >= 4 is 10.1 Å². The van der Waals surface area contributed by atoms with E-state index in [-0.39, 0.29) is 0 Å². The number of rotatable bonds is 2. The summed E-state index contributed by atoms with van der Waals surface area (Å²) in [6.07, 6.45) is 0. The topological polar surface area (TPSA) is 115 Å². The van der Waals surface area contributed by atoms with Gasteiger partial charge in [0.15, 0.2) is 0 Å². The second-order valence-corrected chi connectivity index (χ2v) is 4.65. The van der Waals surface area contributed by atoms with Crippen LogP contribution in [0.15, 0.2) is 30.3 Å². The van der Waals surface area contributed by atoms with Crippen LogP contribution in [0, 0.1) is 0 Å². The SMILES string of the molecule is CC(c1ccccc1)S(=O)(=O)O.OC(O)O. The van der Waals surface area contributed by atoms with E-state index < -0.39 is 21.8 Å². The maximum Gasteiger partial charge on any atom is 0.271 e. The molecule has 0 heterocycles. The molecule has 0 saturated heterocycles. The molecule has 1 unspecified atom stereocenters. The van der Waals surface area contributed by atoms with Crippen LogP contribution < -0.4 is 0 Å². The summed E-state index contributed by atoms with van der Waals surface area (Å²) < 4.78 is 30.1. The van der Waals surface area contributed by atoms with Crippen LogP contribution in [0.2, 0.25) is 0 Å². The van der Waals surface area contributed by atoms with Crippen LogP contribution in [0.25, 0.3) is 0 Å². The van der Waals surface area contributed by atoms with E-state index in [1.807, 2.05) is 0 Å². The molecule has 1 atom stereocenters. The van der Waals surface area contributed by atoms with E-state index >= 15 is 0 Å². The van der Waals surface area contributed by atoms with Crippen LogP contribution in [-0.4, -0.2) is 34.8 Å². The third-order valence-corrected chi connectivity index (χ3v) is 2.88. The molecule has 0 aliphatic heterocycles. The van der Waals surface area contributed by atoms with E-state index in [4.69, 9.17) is 19.9 Å². The van der Waals surface area contributed by atoms with Gasteiger partial charge in [-0.1, -0.05) is 30.3 Å². The van der Waals surface area contributed by atoms with Crippen molar-refractivity contribution in [1.82, 2.24) is 0 Å². The van der Waals surface area contributed by atoms with Gasteiger partial charge in [-0.15, -0.1) is 0 Å². The monoisotopic (exact) mass is 250 g/mol. The van der Waals surface area contributed by atoms with Gasteiger partial charge in [0.2, 0.25) is 0 Å². The highest BCUT2D eigenvalue weighted by Gasteiger charge is 2.18. The Morgan fingerprint density at radius 2 is 1.44 bits per heavy atom. The summed E-state index contributed by atoms with van der Waals surface area (Å²) in [4.78, 5) is 0. The van der Waals surface area contributed by atoms with Crippen LogP contribution in [0.5, 0.6) is 0 Å². The first-order valence-electron chi connectivity index (χ1n) is 4.30. The van der Waals surface area contributed by atoms with Crippen LogP contribution in [-0.2, 0) is 10.1 Å².